The van der Waals surface area contributed by atoms with Crippen LogP contribution in [0.3, 0.4) is 0 Å². The lowest BCUT2D eigenvalue weighted by molar-refractivity contribution is 0.816. The molecule has 0 amide bonds. The predicted octanol–water partition coefficient (Wildman–Crippen LogP) is 3.31. The Morgan fingerprint density at radius 2 is 1.48 bits per heavy atom. The minimum absolute atomic E-state index is 0.543. The Hall–Kier alpha value is -2.20. The van der Waals surface area contributed by atoms with E-state index in [1.807, 2.05) is 60.7 Å². The first kappa shape index (κ1) is 15.2. The third kappa shape index (κ3) is 4.68. The zero-order valence-corrected chi connectivity index (χ0v) is 12.9. The van der Waals surface area contributed by atoms with Crippen molar-refractivity contribution in [3.8, 4) is 0 Å². The number of nitrogens with one attached hydrogen (secondary N) is 2. The molecule has 0 unspecified atom stereocenters. The standard InChI is InChI=1S/C17H19N3S/c1-2-13-18-17(21)20-19-16(14-9-5-3-6-10-14)15-11-7-4-8-12-15/h3-12H,2,13H2,1H3,(H2,18,20,21). The molecular weight excluding hydrogens is 278 g/mol. The van der Waals surface area contributed by atoms with Gasteiger partial charge in [-0.05, 0) is 18.6 Å². The molecule has 21 heavy (non-hydrogen) atoms. The van der Waals surface area contributed by atoms with Crippen molar-refractivity contribution in [1.82, 2.24) is 10.7 Å². The van der Waals surface area contributed by atoms with Crippen molar-refractivity contribution in [1.29, 1.82) is 0 Å². The number of hydrogen-bond acceptors (Lipinski definition) is 2. The normalized spacial score (nSPS) is 9.76. The molecular formula is C17H19N3S. The minimum Gasteiger partial charge on any atom is -0.361 e. The maximum Gasteiger partial charge on any atom is 0.186 e. The third-order valence-corrected chi connectivity index (χ3v) is 3.13. The minimum atomic E-state index is 0.543. The summed E-state index contributed by atoms with van der Waals surface area (Å²) >= 11 is 5.21. The van der Waals surface area contributed by atoms with Crippen molar-refractivity contribution in [2.24, 2.45) is 5.10 Å². The van der Waals surface area contributed by atoms with Gasteiger partial charge in [-0.2, -0.15) is 5.10 Å². The van der Waals surface area contributed by atoms with Crippen molar-refractivity contribution in [3.63, 3.8) is 0 Å². The molecule has 0 heterocycles. The number of hydrazone groups is 1. The van der Waals surface area contributed by atoms with Crippen LogP contribution in [0, 0.1) is 0 Å². The molecule has 2 aromatic rings. The van der Waals surface area contributed by atoms with Gasteiger partial charge in [-0.25, -0.2) is 0 Å². The summed E-state index contributed by atoms with van der Waals surface area (Å²) in [6.45, 7) is 2.94. The van der Waals surface area contributed by atoms with Gasteiger partial charge in [0.1, 0.15) is 0 Å². The predicted molar refractivity (Wildman–Crippen MR) is 92.6 cm³/mol. The van der Waals surface area contributed by atoms with E-state index < -0.39 is 0 Å². The highest BCUT2D eigenvalue weighted by Crippen LogP contribution is 2.10. The second kappa shape index (κ2) is 8.17. The summed E-state index contributed by atoms with van der Waals surface area (Å²) in [6.07, 6.45) is 1.02. The lowest BCUT2D eigenvalue weighted by atomic mass is 10.0. The van der Waals surface area contributed by atoms with Gasteiger partial charge in [0.05, 0.1) is 5.71 Å². The molecule has 0 aliphatic carbocycles. The molecule has 108 valence electrons. The topological polar surface area (TPSA) is 36.4 Å². The lowest BCUT2D eigenvalue weighted by Crippen LogP contribution is -2.33. The first-order chi connectivity index (χ1) is 10.3. The van der Waals surface area contributed by atoms with E-state index in [-0.39, 0.29) is 0 Å². The zero-order valence-electron chi connectivity index (χ0n) is 12.0. The highest BCUT2D eigenvalue weighted by Gasteiger charge is 2.06. The molecule has 0 atom stereocenters. The molecule has 3 nitrogen and oxygen atoms in total. The molecule has 0 bridgehead atoms. The van der Waals surface area contributed by atoms with Crippen LogP contribution in [0.15, 0.2) is 65.8 Å². The van der Waals surface area contributed by atoms with Gasteiger partial charge in [0.15, 0.2) is 5.11 Å². The summed E-state index contributed by atoms with van der Waals surface area (Å²) in [5, 5.41) is 8.13. The van der Waals surface area contributed by atoms with E-state index in [4.69, 9.17) is 12.2 Å². The highest BCUT2D eigenvalue weighted by molar-refractivity contribution is 7.80. The first-order valence-corrected chi connectivity index (χ1v) is 7.44. The van der Waals surface area contributed by atoms with E-state index in [2.05, 4.69) is 22.8 Å². The number of benzene rings is 2. The fourth-order valence-electron chi connectivity index (χ4n) is 1.87. The number of thiocarbonyl (C=S) groups is 1. The molecule has 2 N–H and O–H groups in total. The van der Waals surface area contributed by atoms with Crippen LogP contribution in [0.1, 0.15) is 24.5 Å². The Morgan fingerprint density at radius 1 is 0.952 bits per heavy atom. The molecule has 2 aromatic carbocycles. The molecule has 0 spiro atoms. The highest BCUT2D eigenvalue weighted by atomic mass is 32.1. The second-order valence-electron chi connectivity index (χ2n) is 4.56. The smallest absolute Gasteiger partial charge is 0.186 e. The molecule has 0 aliphatic heterocycles. The Bertz CT molecular complexity index is 552. The van der Waals surface area contributed by atoms with Gasteiger partial charge in [-0.3, -0.25) is 5.43 Å². The maximum atomic E-state index is 5.21. The average Bonchev–Trinajstić information content (AvgIpc) is 2.55. The summed E-state index contributed by atoms with van der Waals surface area (Å²) in [5.74, 6) is 0. The maximum absolute atomic E-state index is 5.21. The summed E-state index contributed by atoms with van der Waals surface area (Å²) in [7, 11) is 0. The molecule has 2 rings (SSSR count). The van der Waals surface area contributed by atoms with E-state index >= 15 is 0 Å². The number of hydrogen-bond donors (Lipinski definition) is 2. The molecule has 0 aliphatic rings. The monoisotopic (exact) mass is 297 g/mol. The summed E-state index contributed by atoms with van der Waals surface area (Å²) in [5.41, 5.74) is 5.90. The van der Waals surface area contributed by atoms with Crippen molar-refractivity contribution in [2.45, 2.75) is 13.3 Å². The molecule has 4 heteroatoms. The quantitative estimate of drug-likeness (QED) is 0.505. The van der Waals surface area contributed by atoms with Gasteiger partial charge in [0.2, 0.25) is 0 Å². The van der Waals surface area contributed by atoms with Crippen molar-refractivity contribution in [3.05, 3.63) is 71.8 Å². The number of rotatable bonds is 5. The number of nitrogens with zero attached hydrogens (tertiary/aromatic N) is 1. The molecule has 0 aromatic heterocycles. The van der Waals surface area contributed by atoms with Crippen LogP contribution in [0.4, 0.5) is 0 Å². The first-order valence-electron chi connectivity index (χ1n) is 7.03. The summed E-state index contributed by atoms with van der Waals surface area (Å²) in [4.78, 5) is 0. The Labute approximate surface area is 131 Å². The van der Waals surface area contributed by atoms with Crippen LogP contribution in [-0.4, -0.2) is 17.4 Å². The largest absolute Gasteiger partial charge is 0.361 e. The fraction of sp³-hybridized carbons (Fsp3) is 0.176. The second-order valence-corrected chi connectivity index (χ2v) is 4.97. The molecule has 0 fully saturated rings. The van der Waals surface area contributed by atoms with Gasteiger partial charge in [-0.1, -0.05) is 67.6 Å². The van der Waals surface area contributed by atoms with Crippen molar-refractivity contribution in [2.75, 3.05) is 6.54 Å². The van der Waals surface area contributed by atoms with Gasteiger partial charge < -0.3 is 5.32 Å². The molecule has 0 saturated carbocycles. The van der Waals surface area contributed by atoms with E-state index in [9.17, 15) is 0 Å². The van der Waals surface area contributed by atoms with Crippen LogP contribution in [0.2, 0.25) is 0 Å². The van der Waals surface area contributed by atoms with Crippen LogP contribution < -0.4 is 10.7 Å². The van der Waals surface area contributed by atoms with E-state index in [1.165, 1.54) is 0 Å². The van der Waals surface area contributed by atoms with Crippen LogP contribution >= 0.6 is 12.2 Å². The van der Waals surface area contributed by atoms with Gasteiger partial charge >= 0.3 is 0 Å². The van der Waals surface area contributed by atoms with Crippen molar-refractivity contribution < 1.29 is 0 Å². The summed E-state index contributed by atoms with van der Waals surface area (Å²) in [6, 6.07) is 20.1. The molecule has 0 radical (unpaired) electrons. The van der Waals surface area contributed by atoms with Gasteiger partial charge in [-0.15, -0.1) is 0 Å². The third-order valence-electron chi connectivity index (χ3n) is 2.90. The van der Waals surface area contributed by atoms with Crippen LogP contribution in [0.25, 0.3) is 0 Å². The van der Waals surface area contributed by atoms with Crippen molar-refractivity contribution >= 4 is 23.0 Å². The van der Waals surface area contributed by atoms with E-state index in [1.54, 1.807) is 0 Å². The van der Waals surface area contributed by atoms with Gasteiger partial charge in [0, 0.05) is 17.7 Å². The SMILES string of the molecule is CCCNC(=S)NN=C(c1ccccc1)c1ccccc1. The van der Waals surface area contributed by atoms with Gasteiger partial charge in [0.25, 0.3) is 0 Å². The van der Waals surface area contributed by atoms with Crippen LogP contribution in [0.5, 0.6) is 0 Å². The van der Waals surface area contributed by atoms with Crippen LogP contribution in [-0.2, 0) is 0 Å². The Balaban J connectivity index is 2.23. The molecule has 0 saturated heterocycles. The van der Waals surface area contributed by atoms with E-state index in [0.29, 0.717) is 5.11 Å². The summed E-state index contributed by atoms with van der Waals surface area (Å²) < 4.78 is 0. The zero-order chi connectivity index (χ0) is 14.9. The Kier molecular flexibility index (Phi) is 5.91. The lowest BCUT2D eigenvalue weighted by Gasteiger charge is -2.10. The average molecular weight is 297 g/mol. The Morgan fingerprint density at radius 3 is 1.95 bits per heavy atom. The van der Waals surface area contributed by atoms with E-state index in [0.717, 1.165) is 29.8 Å². The fourth-order valence-corrected chi connectivity index (χ4v) is 2.02.